The van der Waals surface area contributed by atoms with Gasteiger partial charge in [-0.2, -0.15) is 15.0 Å². The van der Waals surface area contributed by atoms with E-state index in [-0.39, 0.29) is 29.6 Å². The third-order valence-electron chi connectivity index (χ3n) is 3.90. The predicted molar refractivity (Wildman–Crippen MR) is 98.8 cm³/mol. The summed E-state index contributed by atoms with van der Waals surface area (Å²) in [6.07, 6.45) is 1.52. The van der Waals surface area contributed by atoms with Crippen molar-refractivity contribution in [3.8, 4) is 17.6 Å². The Morgan fingerprint density at radius 3 is 2.96 bits per heavy atom. The number of methoxy groups -OCH3 is 1. The lowest BCUT2D eigenvalue weighted by atomic mass is 10.1. The fraction of sp³-hybridized carbons (Fsp3) is 0.222. The molecule has 0 aliphatic heterocycles. The van der Waals surface area contributed by atoms with E-state index in [0.29, 0.717) is 17.1 Å². The number of benzene rings is 1. The highest BCUT2D eigenvalue weighted by molar-refractivity contribution is 6.19. The van der Waals surface area contributed by atoms with E-state index in [1.807, 2.05) is 37.3 Å². The number of carbonyl (C=O) groups excluding carboxylic acids is 1. The normalized spacial score (nSPS) is 10.5. The van der Waals surface area contributed by atoms with E-state index in [0.717, 1.165) is 10.9 Å². The summed E-state index contributed by atoms with van der Waals surface area (Å²) in [5, 5.41) is 17.2. The molecule has 0 fully saturated rings. The highest BCUT2D eigenvalue weighted by Crippen LogP contribution is 2.29. The van der Waals surface area contributed by atoms with Crippen LogP contribution in [0.1, 0.15) is 17.5 Å². The van der Waals surface area contributed by atoms with Gasteiger partial charge in [0.25, 0.3) is 0 Å². The summed E-state index contributed by atoms with van der Waals surface area (Å²) in [6, 6.07) is 9.54. The molecule has 2 heterocycles. The van der Waals surface area contributed by atoms with Crippen LogP contribution < -0.4 is 10.1 Å². The van der Waals surface area contributed by atoms with Crippen molar-refractivity contribution < 1.29 is 9.53 Å². The number of hydrogen-bond acceptors (Lipinski definition) is 5. The van der Waals surface area contributed by atoms with Crippen LogP contribution in [-0.2, 0) is 4.79 Å². The maximum atomic E-state index is 12.0. The summed E-state index contributed by atoms with van der Waals surface area (Å²) in [4.78, 5) is 16.6. The minimum atomic E-state index is -0.298. The zero-order valence-electron chi connectivity index (χ0n) is 14.3. The molecule has 0 saturated heterocycles. The first-order chi connectivity index (χ1) is 12.6. The van der Waals surface area contributed by atoms with Gasteiger partial charge in [-0.15, -0.1) is 11.6 Å². The number of nitrogens with zero attached hydrogens (tertiary/aromatic N) is 4. The maximum Gasteiger partial charge on any atom is 0.226 e. The average molecular weight is 370 g/mol. The van der Waals surface area contributed by atoms with Gasteiger partial charge in [0.1, 0.15) is 22.9 Å². The van der Waals surface area contributed by atoms with E-state index < -0.39 is 0 Å². The van der Waals surface area contributed by atoms with Crippen LogP contribution in [0.2, 0.25) is 0 Å². The molecule has 0 saturated carbocycles. The fourth-order valence-electron chi connectivity index (χ4n) is 2.65. The molecule has 0 bridgehead atoms. The first kappa shape index (κ1) is 17.7. The standard InChI is InChI=1S/C18H16ClN5O2/c1-11-8-15(22-17-13(11)4-3-5-14(17)26-2)24-18(12(9-20)10-21-24)23-16(25)6-7-19/h3-5,8,10H,6-7H2,1-2H3,(H,23,25). The molecule has 7 nitrogen and oxygen atoms in total. The minimum Gasteiger partial charge on any atom is -0.494 e. The van der Waals surface area contributed by atoms with Crippen LogP contribution in [-0.4, -0.2) is 33.7 Å². The smallest absolute Gasteiger partial charge is 0.226 e. The Bertz CT molecular complexity index is 1020. The molecule has 0 radical (unpaired) electrons. The van der Waals surface area contributed by atoms with Gasteiger partial charge in [-0.3, -0.25) is 4.79 Å². The molecule has 0 aliphatic rings. The van der Waals surface area contributed by atoms with Crippen molar-refractivity contribution in [1.82, 2.24) is 14.8 Å². The van der Waals surface area contributed by atoms with Crippen molar-refractivity contribution >= 4 is 34.2 Å². The number of nitrogens with one attached hydrogen (secondary N) is 1. The van der Waals surface area contributed by atoms with E-state index >= 15 is 0 Å². The Hall–Kier alpha value is -3.11. The van der Waals surface area contributed by atoms with Gasteiger partial charge in [0.15, 0.2) is 11.6 Å². The Labute approximate surface area is 155 Å². The highest BCUT2D eigenvalue weighted by atomic mass is 35.5. The Kier molecular flexibility index (Phi) is 5.05. The minimum absolute atomic E-state index is 0.135. The van der Waals surface area contributed by atoms with E-state index in [9.17, 15) is 10.1 Å². The number of amides is 1. The van der Waals surface area contributed by atoms with Gasteiger partial charge in [0, 0.05) is 17.7 Å². The molecule has 0 spiro atoms. The zero-order chi connectivity index (χ0) is 18.7. The summed E-state index contributed by atoms with van der Waals surface area (Å²) >= 11 is 5.61. The van der Waals surface area contributed by atoms with Crippen LogP contribution in [0, 0.1) is 18.3 Å². The van der Waals surface area contributed by atoms with Gasteiger partial charge >= 0.3 is 0 Å². The summed E-state index contributed by atoms with van der Waals surface area (Å²) in [5.74, 6) is 1.26. The number of hydrogen-bond donors (Lipinski definition) is 1. The number of halogens is 1. The molecule has 1 aromatic carbocycles. The SMILES string of the molecule is COc1cccc2c(C)cc(-n3ncc(C#N)c3NC(=O)CCCl)nc12. The van der Waals surface area contributed by atoms with E-state index in [1.54, 1.807) is 7.11 Å². The lowest BCUT2D eigenvalue weighted by molar-refractivity contribution is -0.115. The molecule has 1 N–H and O–H groups in total. The predicted octanol–water partition coefficient (Wildman–Crippen LogP) is 3.18. The monoisotopic (exact) mass is 369 g/mol. The molecule has 2 aromatic heterocycles. The number of nitriles is 1. The van der Waals surface area contributed by atoms with Crippen LogP contribution in [0.25, 0.3) is 16.7 Å². The average Bonchev–Trinajstić information content (AvgIpc) is 3.03. The number of aryl methyl sites for hydroxylation is 1. The van der Waals surface area contributed by atoms with Crippen molar-refractivity contribution in [3.05, 3.63) is 41.6 Å². The lowest BCUT2D eigenvalue weighted by Gasteiger charge is -2.12. The second-order valence-corrected chi connectivity index (χ2v) is 5.95. The quantitative estimate of drug-likeness (QED) is 0.697. The molecule has 0 aliphatic carbocycles. The molecule has 3 rings (SSSR count). The first-order valence-electron chi connectivity index (χ1n) is 7.87. The molecular weight excluding hydrogens is 354 g/mol. The number of carbonyl (C=O) groups is 1. The second-order valence-electron chi connectivity index (χ2n) is 5.57. The number of rotatable bonds is 5. The largest absolute Gasteiger partial charge is 0.494 e. The molecule has 26 heavy (non-hydrogen) atoms. The molecule has 132 valence electrons. The van der Waals surface area contributed by atoms with Crippen LogP contribution in [0.15, 0.2) is 30.5 Å². The molecule has 0 unspecified atom stereocenters. The second kappa shape index (κ2) is 7.42. The topological polar surface area (TPSA) is 92.8 Å². The number of alkyl halides is 1. The van der Waals surface area contributed by atoms with Crippen LogP contribution in [0.4, 0.5) is 5.82 Å². The molecule has 8 heteroatoms. The molecule has 0 atom stereocenters. The van der Waals surface area contributed by atoms with Crippen LogP contribution in [0.3, 0.4) is 0 Å². The summed E-state index contributed by atoms with van der Waals surface area (Å²) in [6.45, 7) is 1.95. The maximum absolute atomic E-state index is 12.0. The van der Waals surface area contributed by atoms with Gasteiger partial charge in [-0.25, -0.2) is 4.98 Å². The van der Waals surface area contributed by atoms with E-state index in [1.165, 1.54) is 10.9 Å². The van der Waals surface area contributed by atoms with E-state index in [2.05, 4.69) is 15.4 Å². The van der Waals surface area contributed by atoms with Crippen molar-refractivity contribution in [2.24, 2.45) is 0 Å². The van der Waals surface area contributed by atoms with Gasteiger partial charge in [-0.05, 0) is 24.6 Å². The lowest BCUT2D eigenvalue weighted by Crippen LogP contribution is -2.16. The number of para-hydroxylation sites is 1. The van der Waals surface area contributed by atoms with Crippen molar-refractivity contribution in [2.45, 2.75) is 13.3 Å². The Morgan fingerprint density at radius 2 is 2.27 bits per heavy atom. The number of aromatic nitrogens is 3. The van der Waals surface area contributed by atoms with Crippen LogP contribution >= 0.6 is 11.6 Å². The fourth-order valence-corrected chi connectivity index (χ4v) is 2.82. The third-order valence-corrected chi connectivity index (χ3v) is 4.09. The summed E-state index contributed by atoms with van der Waals surface area (Å²) in [5.41, 5.74) is 1.89. The molecule has 1 amide bonds. The molecular formula is C18H16ClN5O2. The van der Waals surface area contributed by atoms with Gasteiger partial charge in [-0.1, -0.05) is 12.1 Å². The summed E-state index contributed by atoms with van der Waals surface area (Å²) in [7, 11) is 1.58. The van der Waals surface area contributed by atoms with Crippen molar-refractivity contribution in [1.29, 1.82) is 5.26 Å². The van der Waals surface area contributed by atoms with E-state index in [4.69, 9.17) is 16.3 Å². The van der Waals surface area contributed by atoms with Gasteiger partial charge in [0.2, 0.25) is 5.91 Å². The van der Waals surface area contributed by atoms with Crippen LogP contribution in [0.5, 0.6) is 5.75 Å². The number of anilines is 1. The van der Waals surface area contributed by atoms with Gasteiger partial charge < -0.3 is 10.1 Å². The van der Waals surface area contributed by atoms with Crippen molar-refractivity contribution in [2.75, 3.05) is 18.3 Å². The first-order valence-corrected chi connectivity index (χ1v) is 8.41. The Balaban J connectivity index is 2.16. The molecule has 3 aromatic rings. The third kappa shape index (κ3) is 3.19. The number of pyridine rings is 1. The zero-order valence-corrected chi connectivity index (χ0v) is 15.0. The summed E-state index contributed by atoms with van der Waals surface area (Å²) < 4.78 is 6.83. The van der Waals surface area contributed by atoms with Crippen molar-refractivity contribution in [3.63, 3.8) is 0 Å². The number of ether oxygens (including phenoxy) is 1. The van der Waals surface area contributed by atoms with Gasteiger partial charge in [0.05, 0.1) is 13.3 Å². The highest BCUT2D eigenvalue weighted by Gasteiger charge is 2.17. The Morgan fingerprint density at radius 1 is 1.46 bits per heavy atom. The number of fused-ring (bicyclic) bond motifs is 1.